The number of hydrogen-bond acceptors (Lipinski definition) is 2. The van der Waals surface area contributed by atoms with Crippen LogP contribution in [0.25, 0.3) is 0 Å². The average molecular weight is 203 g/mol. The second-order valence-electron chi connectivity index (χ2n) is 4.55. The zero-order valence-corrected chi connectivity index (χ0v) is 9.12. The van der Waals surface area contributed by atoms with Gasteiger partial charge in [0.2, 0.25) is 0 Å². The van der Waals surface area contributed by atoms with E-state index in [1.54, 1.807) is 7.11 Å². The van der Waals surface area contributed by atoms with E-state index in [0.29, 0.717) is 6.04 Å². The molecular weight excluding hydrogens is 186 g/mol. The standard InChI is InChI=1S/C13H17NO/c1-15-12-4-2-3-11-10(12)7-8-14-13(11)9-5-6-9/h2-4,9,13-14H,5-8H2,1H3/t13-/m1/s1. The molecule has 0 amide bonds. The average Bonchev–Trinajstić information content (AvgIpc) is 3.11. The van der Waals surface area contributed by atoms with Gasteiger partial charge in [-0.3, -0.25) is 0 Å². The maximum absolute atomic E-state index is 5.43. The van der Waals surface area contributed by atoms with Crippen LogP contribution in [0.5, 0.6) is 5.75 Å². The highest BCUT2D eigenvalue weighted by atomic mass is 16.5. The maximum atomic E-state index is 5.43. The highest BCUT2D eigenvalue weighted by Gasteiger charge is 2.35. The molecule has 1 atom stereocenters. The van der Waals surface area contributed by atoms with Crippen LogP contribution >= 0.6 is 0 Å². The van der Waals surface area contributed by atoms with Gasteiger partial charge in [-0.15, -0.1) is 0 Å². The molecule has 0 saturated heterocycles. The molecule has 2 heteroatoms. The molecule has 0 unspecified atom stereocenters. The smallest absolute Gasteiger partial charge is 0.122 e. The minimum absolute atomic E-state index is 0.587. The number of ether oxygens (including phenoxy) is 1. The Bertz CT molecular complexity index is 371. The Morgan fingerprint density at radius 2 is 2.20 bits per heavy atom. The van der Waals surface area contributed by atoms with Crippen molar-refractivity contribution in [1.29, 1.82) is 0 Å². The predicted octanol–water partition coefficient (Wildman–Crippen LogP) is 2.29. The lowest BCUT2D eigenvalue weighted by atomic mass is 9.91. The van der Waals surface area contributed by atoms with Crippen LogP contribution in [-0.4, -0.2) is 13.7 Å². The number of fused-ring (bicyclic) bond motifs is 1. The Kier molecular flexibility index (Phi) is 2.17. The number of benzene rings is 1. The molecule has 1 aromatic carbocycles. The summed E-state index contributed by atoms with van der Waals surface area (Å²) in [7, 11) is 1.77. The zero-order valence-electron chi connectivity index (χ0n) is 9.12. The summed E-state index contributed by atoms with van der Waals surface area (Å²) >= 11 is 0. The molecule has 0 aromatic heterocycles. The first kappa shape index (κ1) is 9.22. The van der Waals surface area contributed by atoms with Crippen molar-refractivity contribution in [1.82, 2.24) is 5.32 Å². The fourth-order valence-corrected chi connectivity index (χ4v) is 2.65. The van der Waals surface area contributed by atoms with Crippen LogP contribution in [0.15, 0.2) is 18.2 Å². The van der Waals surface area contributed by atoms with E-state index in [4.69, 9.17) is 4.74 Å². The van der Waals surface area contributed by atoms with E-state index in [9.17, 15) is 0 Å². The number of rotatable bonds is 2. The van der Waals surface area contributed by atoms with Gasteiger partial charge in [-0.05, 0) is 43.4 Å². The highest BCUT2D eigenvalue weighted by Crippen LogP contribution is 2.44. The van der Waals surface area contributed by atoms with Gasteiger partial charge in [0.25, 0.3) is 0 Å². The molecule has 0 radical (unpaired) electrons. The van der Waals surface area contributed by atoms with Crippen LogP contribution in [-0.2, 0) is 6.42 Å². The van der Waals surface area contributed by atoms with Crippen molar-refractivity contribution < 1.29 is 4.74 Å². The molecule has 0 spiro atoms. The third-order valence-corrected chi connectivity index (χ3v) is 3.56. The number of methoxy groups -OCH3 is 1. The summed E-state index contributed by atoms with van der Waals surface area (Å²) in [5.74, 6) is 1.94. The van der Waals surface area contributed by atoms with Crippen molar-refractivity contribution in [3.05, 3.63) is 29.3 Å². The van der Waals surface area contributed by atoms with Crippen LogP contribution in [0.3, 0.4) is 0 Å². The molecule has 1 heterocycles. The van der Waals surface area contributed by atoms with Crippen molar-refractivity contribution in [2.24, 2.45) is 5.92 Å². The molecule has 1 saturated carbocycles. The van der Waals surface area contributed by atoms with Crippen molar-refractivity contribution >= 4 is 0 Å². The van der Waals surface area contributed by atoms with Gasteiger partial charge in [0.1, 0.15) is 5.75 Å². The summed E-state index contributed by atoms with van der Waals surface area (Å²) in [4.78, 5) is 0. The van der Waals surface area contributed by atoms with Gasteiger partial charge in [0.15, 0.2) is 0 Å². The summed E-state index contributed by atoms with van der Waals surface area (Å²) < 4.78 is 5.43. The molecule has 0 bridgehead atoms. The normalized spacial score (nSPS) is 24.7. The van der Waals surface area contributed by atoms with E-state index >= 15 is 0 Å². The Hall–Kier alpha value is -1.02. The molecule has 2 nitrogen and oxygen atoms in total. The van der Waals surface area contributed by atoms with Crippen molar-refractivity contribution in [2.45, 2.75) is 25.3 Å². The third-order valence-electron chi connectivity index (χ3n) is 3.56. The van der Waals surface area contributed by atoms with Gasteiger partial charge in [-0.2, -0.15) is 0 Å². The van der Waals surface area contributed by atoms with E-state index < -0.39 is 0 Å². The Morgan fingerprint density at radius 3 is 2.93 bits per heavy atom. The summed E-state index contributed by atoms with van der Waals surface area (Å²) in [6.07, 6.45) is 3.87. The van der Waals surface area contributed by atoms with E-state index in [2.05, 4.69) is 23.5 Å². The molecule has 1 aliphatic carbocycles. The first-order valence-electron chi connectivity index (χ1n) is 5.79. The minimum Gasteiger partial charge on any atom is -0.496 e. The monoisotopic (exact) mass is 203 g/mol. The van der Waals surface area contributed by atoms with Crippen molar-refractivity contribution in [3.63, 3.8) is 0 Å². The van der Waals surface area contributed by atoms with Gasteiger partial charge >= 0.3 is 0 Å². The van der Waals surface area contributed by atoms with Gasteiger partial charge in [-0.25, -0.2) is 0 Å². The van der Waals surface area contributed by atoms with Crippen LogP contribution in [0.1, 0.15) is 30.0 Å². The number of hydrogen-bond donors (Lipinski definition) is 1. The zero-order chi connectivity index (χ0) is 10.3. The molecule has 1 aliphatic heterocycles. The van der Waals surface area contributed by atoms with E-state index in [1.807, 2.05) is 0 Å². The van der Waals surface area contributed by atoms with E-state index in [1.165, 1.54) is 24.0 Å². The van der Waals surface area contributed by atoms with Gasteiger partial charge in [0, 0.05) is 11.6 Å². The lowest BCUT2D eigenvalue weighted by molar-refractivity contribution is 0.395. The highest BCUT2D eigenvalue weighted by molar-refractivity contribution is 5.44. The minimum atomic E-state index is 0.587. The van der Waals surface area contributed by atoms with Gasteiger partial charge in [-0.1, -0.05) is 12.1 Å². The SMILES string of the molecule is COc1cccc2c1CCN[C@@H]2C1CC1. The lowest BCUT2D eigenvalue weighted by Gasteiger charge is -2.28. The molecule has 1 aromatic rings. The fraction of sp³-hybridized carbons (Fsp3) is 0.538. The largest absolute Gasteiger partial charge is 0.496 e. The first-order valence-corrected chi connectivity index (χ1v) is 5.79. The topological polar surface area (TPSA) is 21.3 Å². The van der Waals surface area contributed by atoms with Gasteiger partial charge in [0.05, 0.1) is 7.11 Å². The quantitative estimate of drug-likeness (QED) is 0.796. The first-order chi connectivity index (χ1) is 7.40. The fourth-order valence-electron chi connectivity index (χ4n) is 2.65. The molecular formula is C13H17NO. The van der Waals surface area contributed by atoms with E-state index in [0.717, 1.165) is 24.6 Å². The Labute approximate surface area is 90.6 Å². The van der Waals surface area contributed by atoms with Crippen molar-refractivity contribution in [3.8, 4) is 5.75 Å². The van der Waals surface area contributed by atoms with Gasteiger partial charge < -0.3 is 10.1 Å². The van der Waals surface area contributed by atoms with Crippen molar-refractivity contribution in [2.75, 3.05) is 13.7 Å². The second-order valence-corrected chi connectivity index (χ2v) is 4.55. The molecule has 80 valence electrons. The third kappa shape index (κ3) is 1.53. The summed E-state index contributed by atoms with van der Waals surface area (Å²) in [6.45, 7) is 1.09. The maximum Gasteiger partial charge on any atom is 0.122 e. The molecule has 2 aliphatic rings. The summed E-state index contributed by atoms with van der Waals surface area (Å²) in [5, 5.41) is 3.63. The predicted molar refractivity (Wildman–Crippen MR) is 60.2 cm³/mol. The number of nitrogens with one attached hydrogen (secondary N) is 1. The van der Waals surface area contributed by atoms with Crippen LogP contribution in [0.4, 0.5) is 0 Å². The molecule has 1 N–H and O–H groups in total. The Morgan fingerprint density at radius 1 is 1.33 bits per heavy atom. The molecule has 1 fully saturated rings. The summed E-state index contributed by atoms with van der Waals surface area (Å²) in [5.41, 5.74) is 2.90. The Balaban J connectivity index is 2.03. The van der Waals surface area contributed by atoms with Crippen LogP contribution < -0.4 is 10.1 Å². The molecule has 15 heavy (non-hydrogen) atoms. The van der Waals surface area contributed by atoms with Crippen LogP contribution in [0.2, 0.25) is 0 Å². The van der Waals surface area contributed by atoms with E-state index in [-0.39, 0.29) is 0 Å². The summed E-state index contributed by atoms with van der Waals surface area (Å²) in [6, 6.07) is 7.03. The second kappa shape index (κ2) is 3.53. The lowest BCUT2D eigenvalue weighted by Crippen LogP contribution is -2.31. The van der Waals surface area contributed by atoms with Crippen LogP contribution in [0, 0.1) is 5.92 Å². The molecule has 3 rings (SSSR count).